The molecule has 1 fully saturated rings. The highest BCUT2D eigenvalue weighted by Crippen LogP contribution is 2.15. The van der Waals surface area contributed by atoms with Gasteiger partial charge in [-0.2, -0.15) is 0 Å². The minimum Gasteiger partial charge on any atom is -0.312 e. The van der Waals surface area contributed by atoms with Gasteiger partial charge >= 0.3 is 0 Å². The minimum absolute atomic E-state index is 0.582. The van der Waals surface area contributed by atoms with Crippen LogP contribution >= 0.6 is 0 Å². The van der Waals surface area contributed by atoms with Crippen molar-refractivity contribution in [1.82, 2.24) is 19.6 Å². The number of fused-ring (bicyclic) bond motifs is 1. The summed E-state index contributed by atoms with van der Waals surface area (Å²) >= 11 is 0. The third-order valence-electron chi connectivity index (χ3n) is 3.66. The predicted molar refractivity (Wildman–Crippen MR) is 72.7 cm³/mol. The standard InChI is InChI=1S/C14H20N4/c1-11-9-17(8-6-15-11)10-13-12(2)16-14-5-3-4-7-18(13)14/h3-5,7,11,15H,6,8-10H2,1-2H3/t11-/m1/s1. The van der Waals surface area contributed by atoms with E-state index in [2.05, 4.69) is 51.8 Å². The second-order valence-electron chi connectivity index (χ2n) is 5.16. The number of imidazole rings is 1. The van der Waals surface area contributed by atoms with Crippen LogP contribution in [0.4, 0.5) is 0 Å². The largest absolute Gasteiger partial charge is 0.312 e. The van der Waals surface area contributed by atoms with Crippen molar-refractivity contribution in [3.8, 4) is 0 Å². The molecule has 2 aromatic heterocycles. The highest BCUT2D eigenvalue weighted by atomic mass is 15.2. The van der Waals surface area contributed by atoms with Crippen LogP contribution in [0.25, 0.3) is 5.65 Å². The number of rotatable bonds is 2. The highest BCUT2D eigenvalue weighted by molar-refractivity contribution is 5.42. The first-order valence-corrected chi connectivity index (χ1v) is 6.62. The maximum atomic E-state index is 4.62. The molecule has 0 saturated carbocycles. The van der Waals surface area contributed by atoms with Gasteiger partial charge in [0.05, 0.1) is 11.4 Å². The first-order chi connectivity index (χ1) is 8.74. The lowest BCUT2D eigenvalue weighted by atomic mass is 10.2. The Hall–Kier alpha value is -1.39. The second kappa shape index (κ2) is 4.71. The topological polar surface area (TPSA) is 32.6 Å². The van der Waals surface area contributed by atoms with Crippen molar-refractivity contribution in [1.29, 1.82) is 0 Å². The quantitative estimate of drug-likeness (QED) is 0.867. The zero-order chi connectivity index (χ0) is 12.5. The van der Waals surface area contributed by atoms with Crippen molar-refractivity contribution < 1.29 is 0 Å². The Morgan fingerprint density at radius 1 is 1.44 bits per heavy atom. The molecule has 0 bridgehead atoms. The van der Waals surface area contributed by atoms with Gasteiger partial charge in [-0.05, 0) is 26.0 Å². The van der Waals surface area contributed by atoms with Crippen LogP contribution in [0.5, 0.6) is 0 Å². The Labute approximate surface area is 108 Å². The van der Waals surface area contributed by atoms with Gasteiger partial charge < -0.3 is 9.72 Å². The Morgan fingerprint density at radius 2 is 2.33 bits per heavy atom. The number of piperazine rings is 1. The number of pyridine rings is 1. The fourth-order valence-electron chi connectivity index (χ4n) is 2.72. The summed E-state index contributed by atoms with van der Waals surface area (Å²) < 4.78 is 2.21. The third-order valence-corrected chi connectivity index (χ3v) is 3.66. The maximum Gasteiger partial charge on any atom is 0.137 e. The van der Waals surface area contributed by atoms with E-state index in [0.29, 0.717) is 6.04 Å². The SMILES string of the molecule is Cc1nc2ccccn2c1CN1CCN[C@H](C)C1. The fourth-order valence-corrected chi connectivity index (χ4v) is 2.72. The molecule has 0 radical (unpaired) electrons. The van der Waals surface area contributed by atoms with Gasteiger partial charge in [-0.3, -0.25) is 4.90 Å². The lowest BCUT2D eigenvalue weighted by molar-refractivity contribution is 0.197. The summed E-state index contributed by atoms with van der Waals surface area (Å²) in [6.07, 6.45) is 2.11. The Kier molecular flexibility index (Phi) is 3.06. The Morgan fingerprint density at radius 3 is 3.17 bits per heavy atom. The lowest BCUT2D eigenvalue weighted by Gasteiger charge is -2.31. The monoisotopic (exact) mass is 244 g/mol. The van der Waals surface area contributed by atoms with E-state index in [-0.39, 0.29) is 0 Å². The van der Waals surface area contributed by atoms with Crippen molar-refractivity contribution in [3.63, 3.8) is 0 Å². The molecule has 0 aliphatic carbocycles. The molecule has 0 aromatic carbocycles. The molecular formula is C14H20N4. The fraction of sp³-hybridized carbons (Fsp3) is 0.500. The Balaban J connectivity index is 1.87. The molecule has 1 saturated heterocycles. The van der Waals surface area contributed by atoms with Crippen LogP contribution in [0.15, 0.2) is 24.4 Å². The van der Waals surface area contributed by atoms with Crippen molar-refractivity contribution in [2.45, 2.75) is 26.4 Å². The second-order valence-corrected chi connectivity index (χ2v) is 5.16. The van der Waals surface area contributed by atoms with Crippen molar-refractivity contribution in [2.75, 3.05) is 19.6 Å². The van der Waals surface area contributed by atoms with Gasteiger partial charge in [0.25, 0.3) is 0 Å². The third kappa shape index (κ3) is 2.13. The zero-order valence-electron chi connectivity index (χ0n) is 11.1. The summed E-state index contributed by atoms with van der Waals surface area (Å²) in [4.78, 5) is 7.12. The summed E-state index contributed by atoms with van der Waals surface area (Å²) in [5.74, 6) is 0. The number of aromatic nitrogens is 2. The number of hydrogen-bond donors (Lipinski definition) is 1. The van der Waals surface area contributed by atoms with Crippen molar-refractivity contribution in [2.24, 2.45) is 0 Å². The summed E-state index contributed by atoms with van der Waals surface area (Å²) in [6.45, 7) is 8.64. The summed E-state index contributed by atoms with van der Waals surface area (Å²) in [5.41, 5.74) is 3.51. The van der Waals surface area contributed by atoms with Crippen LogP contribution < -0.4 is 5.32 Å². The first kappa shape index (κ1) is 11.7. The molecule has 3 rings (SSSR count). The molecule has 1 atom stereocenters. The lowest BCUT2D eigenvalue weighted by Crippen LogP contribution is -2.48. The van der Waals surface area contributed by atoms with E-state index in [1.54, 1.807) is 0 Å². The van der Waals surface area contributed by atoms with Crippen molar-refractivity contribution in [3.05, 3.63) is 35.8 Å². The smallest absolute Gasteiger partial charge is 0.137 e. The number of aryl methyl sites for hydroxylation is 1. The van der Waals surface area contributed by atoms with Crippen LogP contribution in [-0.4, -0.2) is 40.0 Å². The van der Waals surface area contributed by atoms with E-state index in [4.69, 9.17) is 0 Å². The van der Waals surface area contributed by atoms with Crippen LogP contribution in [0.3, 0.4) is 0 Å². The molecule has 0 amide bonds. The summed E-state index contributed by atoms with van der Waals surface area (Å²) in [6, 6.07) is 6.76. The molecule has 0 unspecified atom stereocenters. The molecule has 4 nitrogen and oxygen atoms in total. The van der Waals surface area contributed by atoms with E-state index >= 15 is 0 Å². The highest BCUT2D eigenvalue weighted by Gasteiger charge is 2.18. The maximum absolute atomic E-state index is 4.62. The first-order valence-electron chi connectivity index (χ1n) is 6.62. The summed E-state index contributed by atoms with van der Waals surface area (Å²) in [5, 5.41) is 3.48. The van der Waals surface area contributed by atoms with Gasteiger partial charge in [-0.15, -0.1) is 0 Å². The van der Waals surface area contributed by atoms with E-state index in [0.717, 1.165) is 37.5 Å². The van der Waals surface area contributed by atoms with E-state index in [1.165, 1.54) is 5.69 Å². The number of nitrogens with one attached hydrogen (secondary N) is 1. The van der Waals surface area contributed by atoms with Crippen LogP contribution in [0.2, 0.25) is 0 Å². The average molecular weight is 244 g/mol. The van der Waals surface area contributed by atoms with Gasteiger partial charge in [0.15, 0.2) is 0 Å². The molecule has 0 spiro atoms. The zero-order valence-corrected chi connectivity index (χ0v) is 11.1. The molecule has 3 heterocycles. The molecule has 1 N–H and O–H groups in total. The molecule has 18 heavy (non-hydrogen) atoms. The molecule has 2 aromatic rings. The average Bonchev–Trinajstić information content (AvgIpc) is 2.66. The van der Waals surface area contributed by atoms with E-state index in [1.807, 2.05) is 6.07 Å². The molecule has 96 valence electrons. The number of nitrogens with zero attached hydrogens (tertiary/aromatic N) is 3. The van der Waals surface area contributed by atoms with Crippen LogP contribution in [0, 0.1) is 6.92 Å². The molecule has 4 heteroatoms. The van der Waals surface area contributed by atoms with E-state index < -0.39 is 0 Å². The predicted octanol–water partition coefficient (Wildman–Crippen LogP) is 1.44. The van der Waals surface area contributed by atoms with Crippen molar-refractivity contribution >= 4 is 5.65 Å². The van der Waals surface area contributed by atoms with Crippen LogP contribution in [0.1, 0.15) is 18.3 Å². The number of hydrogen-bond acceptors (Lipinski definition) is 3. The van der Waals surface area contributed by atoms with E-state index in [9.17, 15) is 0 Å². The van der Waals surface area contributed by atoms with Gasteiger partial charge in [-0.1, -0.05) is 6.07 Å². The Bertz CT molecular complexity index is 546. The van der Waals surface area contributed by atoms with Crippen LogP contribution in [-0.2, 0) is 6.54 Å². The van der Waals surface area contributed by atoms with Gasteiger partial charge in [0.1, 0.15) is 5.65 Å². The molecule has 1 aliphatic rings. The van der Waals surface area contributed by atoms with Gasteiger partial charge in [0.2, 0.25) is 0 Å². The summed E-state index contributed by atoms with van der Waals surface area (Å²) in [7, 11) is 0. The minimum atomic E-state index is 0.582. The molecular weight excluding hydrogens is 224 g/mol. The van der Waals surface area contributed by atoms with Gasteiger partial charge in [0, 0.05) is 38.4 Å². The normalized spacial score (nSPS) is 21.6. The molecule has 1 aliphatic heterocycles. The van der Waals surface area contributed by atoms with Gasteiger partial charge in [-0.25, -0.2) is 4.98 Å².